The lowest BCUT2D eigenvalue weighted by molar-refractivity contribution is 0.805. The van der Waals surface area contributed by atoms with Crippen LogP contribution in [0.2, 0.25) is 0 Å². The first-order chi connectivity index (χ1) is 7.77. The average Bonchev–Trinajstić information content (AvgIpc) is 2.31. The SMILES string of the molecule is C/C(N)=C1\CCCN=C1Nc1ccccc1. The predicted octanol–water partition coefficient (Wildman–Crippen LogP) is 2.52. The summed E-state index contributed by atoms with van der Waals surface area (Å²) in [7, 11) is 0. The smallest absolute Gasteiger partial charge is 0.130 e. The summed E-state index contributed by atoms with van der Waals surface area (Å²) in [6.45, 7) is 2.81. The molecule has 0 radical (unpaired) electrons. The van der Waals surface area contributed by atoms with Gasteiger partial charge in [-0.2, -0.15) is 0 Å². The van der Waals surface area contributed by atoms with Gasteiger partial charge in [0.2, 0.25) is 0 Å². The molecule has 2 rings (SSSR count). The minimum atomic E-state index is 0.863. The molecule has 0 fully saturated rings. The van der Waals surface area contributed by atoms with Gasteiger partial charge in [-0.1, -0.05) is 18.2 Å². The molecule has 0 unspecified atom stereocenters. The summed E-state index contributed by atoms with van der Waals surface area (Å²) in [5.74, 6) is 0.928. The number of allylic oxidation sites excluding steroid dienone is 1. The first-order valence-electron chi connectivity index (χ1n) is 5.59. The highest BCUT2D eigenvalue weighted by Gasteiger charge is 2.13. The first-order valence-corrected chi connectivity index (χ1v) is 5.59. The fraction of sp³-hybridized carbons (Fsp3) is 0.308. The van der Waals surface area contributed by atoms with Gasteiger partial charge in [-0.15, -0.1) is 0 Å². The Balaban J connectivity index is 2.21. The Morgan fingerprint density at radius 1 is 1.31 bits per heavy atom. The van der Waals surface area contributed by atoms with Crippen LogP contribution in [-0.4, -0.2) is 12.4 Å². The summed E-state index contributed by atoms with van der Waals surface area (Å²) >= 11 is 0. The van der Waals surface area contributed by atoms with E-state index in [9.17, 15) is 0 Å². The van der Waals surface area contributed by atoms with Crippen LogP contribution >= 0.6 is 0 Å². The number of para-hydroxylation sites is 1. The molecule has 1 heterocycles. The van der Waals surface area contributed by atoms with Crippen molar-refractivity contribution in [2.45, 2.75) is 19.8 Å². The molecule has 0 amide bonds. The summed E-state index contributed by atoms with van der Waals surface area (Å²) in [4.78, 5) is 4.50. The molecule has 0 bridgehead atoms. The Morgan fingerprint density at radius 3 is 2.75 bits per heavy atom. The Labute approximate surface area is 96.1 Å². The van der Waals surface area contributed by atoms with E-state index < -0.39 is 0 Å². The molecule has 0 atom stereocenters. The van der Waals surface area contributed by atoms with E-state index in [-0.39, 0.29) is 0 Å². The number of amidine groups is 1. The first kappa shape index (κ1) is 10.7. The third-order valence-electron chi connectivity index (χ3n) is 2.65. The van der Waals surface area contributed by atoms with E-state index in [1.54, 1.807) is 0 Å². The van der Waals surface area contributed by atoms with Crippen LogP contribution in [0.3, 0.4) is 0 Å². The molecule has 1 aliphatic heterocycles. The highest BCUT2D eigenvalue weighted by atomic mass is 15.0. The van der Waals surface area contributed by atoms with Gasteiger partial charge in [0.1, 0.15) is 5.84 Å². The molecule has 3 N–H and O–H groups in total. The fourth-order valence-corrected chi connectivity index (χ4v) is 1.82. The quantitative estimate of drug-likeness (QED) is 0.756. The molecule has 3 nitrogen and oxygen atoms in total. The monoisotopic (exact) mass is 215 g/mol. The van der Waals surface area contributed by atoms with E-state index in [0.29, 0.717) is 0 Å². The van der Waals surface area contributed by atoms with E-state index in [4.69, 9.17) is 5.73 Å². The van der Waals surface area contributed by atoms with Crippen LogP contribution in [-0.2, 0) is 0 Å². The molecular weight excluding hydrogens is 198 g/mol. The second-order valence-corrected chi connectivity index (χ2v) is 3.99. The number of benzene rings is 1. The Hall–Kier alpha value is -1.77. The van der Waals surface area contributed by atoms with Crippen molar-refractivity contribution >= 4 is 11.5 Å². The molecule has 1 aromatic carbocycles. The van der Waals surface area contributed by atoms with Gasteiger partial charge in [-0.3, -0.25) is 4.99 Å². The van der Waals surface area contributed by atoms with Crippen molar-refractivity contribution in [2.75, 3.05) is 11.9 Å². The number of nitrogens with one attached hydrogen (secondary N) is 1. The summed E-state index contributed by atoms with van der Waals surface area (Å²) in [5, 5.41) is 3.32. The van der Waals surface area contributed by atoms with Crippen LogP contribution in [0.25, 0.3) is 0 Å². The highest BCUT2D eigenvalue weighted by Crippen LogP contribution is 2.18. The minimum absolute atomic E-state index is 0.863. The summed E-state index contributed by atoms with van der Waals surface area (Å²) < 4.78 is 0. The van der Waals surface area contributed by atoms with Gasteiger partial charge in [0.15, 0.2) is 0 Å². The van der Waals surface area contributed by atoms with Gasteiger partial charge in [-0.25, -0.2) is 0 Å². The van der Waals surface area contributed by atoms with E-state index in [1.807, 2.05) is 37.3 Å². The summed E-state index contributed by atoms with van der Waals surface area (Å²) in [5.41, 5.74) is 8.94. The van der Waals surface area contributed by atoms with Gasteiger partial charge in [0.25, 0.3) is 0 Å². The van der Waals surface area contributed by atoms with Gasteiger partial charge in [0, 0.05) is 23.5 Å². The zero-order valence-corrected chi connectivity index (χ0v) is 9.53. The standard InChI is InChI=1S/C13H17N3/c1-10(14)12-8-5-9-15-13(12)16-11-6-3-2-4-7-11/h2-4,6-7H,5,8-9,14H2,1H3,(H,15,16)/b12-10-. The van der Waals surface area contributed by atoms with Crippen molar-refractivity contribution in [3.8, 4) is 0 Å². The molecule has 0 aliphatic carbocycles. The fourth-order valence-electron chi connectivity index (χ4n) is 1.82. The van der Waals surface area contributed by atoms with Crippen LogP contribution in [0.5, 0.6) is 0 Å². The van der Waals surface area contributed by atoms with E-state index >= 15 is 0 Å². The number of nitrogens with two attached hydrogens (primary N) is 1. The zero-order chi connectivity index (χ0) is 11.4. The number of hydrogen-bond acceptors (Lipinski definition) is 3. The third kappa shape index (κ3) is 2.42. The van der Waals surface area contributed by atoms with Crippen LogP contribution < -0.4 is 11.1 Å². The minimum Gasteiger partial charge on any atom is -0.402 e. The van der Waals surface area contributed by atoms with Crippen LogP contribution in [0.15, 0.2) is 46.6 Å². The molecule has 84 valence electrons. The van der Waals surface area contributed by atoms with Gasteiger partial charge in [-0.05, 0) is 31.9 Å². The Bertz CT molecular complexity index is 414. The zero-order valence-electron chi connectivity index (χ0n) is 9.53. The molecule has 3 heteroatoms. The second-order valence-electron chi connectivity index (χ2n) is 3.99. The Kier molecular flexibility index (Phi) is 3.25. The molecule has 0 aromatic heterocycles. The number of anilines is 1. The molecule has 0 saturated heterocycles. The lowest BCUT2D eigenvalue weighted by Crippen LogP contribution is -2.22. The molecule has 1 aromatic rings. The maximum absolute atomic E-state index is 5.87. The Morgan fingerprint density at radius 2 is 2.06 bits per heavy atom. The topological polar surface area (TPSA) is 50.4 Å². The molecule has 0 saturated carbocycles. The highest BCUT2D eigenvalue weighted by molar-refractivity contribution is 6.08. The van der Waals surface area contributed by atoms with E-state index in [0.717, 1.165) is 42.2 Å². The summed E-state index contributed by atoms with van der Waals surface area (Å²) in [6.07, 6.45) is 2.10. The number of rotatable bonds is 1. The van der Waals surface area contributed by atoms with Crippen molar-refractivity contribution in [2.24, 2.45) is 10.7 Å². The van der Waals surface area contributed by atoms with Gasteiger partial charge < -0.3 is 11.1 Å². The van der Waals surface area contributed by atoms with Crippen molar-refractivity contribution in [3.05, 3.63) is 41.6 Å². The number of hydrogen-bond donors (Lipinski definition) is 2. The second kappa shape index (κ2) is 4.84. The molecule has 1 aliphatic rings. The number of aliphatic imine (C=N–C) groups is 1. The molecule has 16 heavy (non-hydrogen) atoms. The molecule has 0 spiro atoms. The largest absolute Gasteiger partial charge is 0.402 e. The van der Waals surface area contributed by atoms with Crippen molar-refractivity contribution in [1.82, 2.24) is 0 Å². The predicted molar refractivity (Wildman–Crippen MR) is 68.5 cm³/mol. The van der Waals surface area contributed by atoms with Crippen molar-refractivity contribution < 1.29 is 0 Å². The average molecular weight is 215 g/mol. The summed E-state index contributed by atoms with van der Waals surface area (Å²) in [6, 6.07) is 10.1. The van der Waals surface area contributed by atoms with Crippen molar-refractivity contribution in [3.63, 3.8) is 0 Å². The number of nitrogens with zero attached hydrogens (tertiary/aromatic N) is 1. The van der Waals surface area contributed by atoms with Crippen molar-refractivity contribution in [1.29, 1.82) is 0 Å². The maximum atomic E-state index is 5.87. The lowest BCUT2D eigenvalue weighted by Gasteiger charge is -2.18. The van der Waals surface area contributed by atoms with Gasteiger partial charge in [0.05, 0.1) is 0 Å². The van der Waals surface area contributed by atoms with Crippen LogP contribution in [0, 0.1) is 0 Å². The van der Waals surface area contributed by atoms with E-state index in [1.165, 1.54) is 0 Å². The third-order valence-corrected chi connectivity index (χ3v) is 2.65. The normalized spacial score (nSPS) is 18.9. The maximum Gasteiger partial charge on any atom is 0.130 e. The molecular formula is C13H17N3. The lowest BCUT2D eigenvalue weighted by atomic mass is 10.0. The van der Waals surface area contributed by atoms with E-state index in [2.05, 4.69) is 10.3 Å². The van der Waals surface area contributed by atoms with Gasteiger partial charge >= 0.3 is 0 Å². The van der Waals surface area contributed by atoms with Crippen LogP contribution in [0.4, 0.5) is 5.69 Å². The van der Waals surface area contributed by atoms with Crippen LogP contribution in [0.1, 0.15) is 19.8 Å².